The van der Waals surface area contributed by atoms with Gasteiger partial charge in [0.05, 0.1) is 0 Å². The Morgan fingerprint density at radius 1 is 1.06 bits per heavy atom. The maximum Gasteiger partial charge on any atom is 0.397 e. The quantitative estimate of drug-likeness (QED) is 0.366. The zero-order valence-corrected chi connectivity index (χ0v) is 11.6. The Morgan fingerprint density at radius 3 is 1.75 bits per heavy atom. The highest BCUT2D eigenvalue weighted by molar-refractivity contribution is 14.1. The molecule has 0 nitrogen and oxygen atoms in total. The largest absolute Gasteiger partial charge is 0.397 e. The average molecular weight is 358 g/mol. The van der Waals surface area contributed by atoms with Crippen LogP contribution < -0.4 is 0 Å². The van der Waals surface area contributed by atoms with E-state index >= 15 is 0 Å². The summed E-state index contributed by atoms with van der Waals surface area (Å²) in [5.74, 6) is -6.29. The zero-order valence-electron chi connectivity index (χ0n) is 9.47. The maximum absolute atomic E-state index is 13.8. The minimum absolute atomic E-state index is 0.0626. The van der Waals surface area contributed by atoms with Gasteiger partial charge in [-0.3, -0.25) is 0 Å². The molecule has 0 aromatic rings. The Hall–Kier alpha value is 0.380. The van der Waals surface area contributed by atoms with Crippen LogP contribution in [0.15, 0.2) is 0 Å². The molecule has 0 spiro atoms. The first-order chi connectivity index (χ1) is 7.00. The van der Waals surface area contributed by atoms with Gasteiger partial charge in [-0.05, 0) is 12.8 Å². The summed E-state index contributed by atoms with van der Waals surface area (Å²) in [6.07, 6.45) is -5.38. The molecule has 0 saturated heterocycles. The van der Waals surface area contributed by atoms with Crippen LogP contribution in [0.1, 0.15) is 33.6 Å². The Morgan fingerprint density at radius 2 is 1.50 bits per heavy atom. The van der Waals surface area contributed by atoms with Crippen molar-refractivity contribution in [1.29, 1.82) is 0 Å². The molecule has 0 N–H and O–H groups in total. The van der Waals surface area contributed by atoms with Crippen molar-refractivity contribution in [1.82, 2.24) is 0 Å². The van der Waals surface area contributed by atoms with E-state index in [9.17, 15) is 22.0 Å². The molecule has 0 aromatic carbocycles. The summed E-state index contributed by atoms with van der Waals surface area (Å²) >= 11 is 1.89. The van der Waals surface area contributed by atoms with Crippen molar-refractivity contribution in [2.45, 2.75) is 45.7 Å². The van der Waals surface area contributed by atoms with Crippen LogP contribution in [0.25, 0.3) is 0 Å². The van der Waals surface area contributed by atoms with Gasteiger partial charge in [0.2, 0.25) is 0 Å². The van der Waals surface area contributed by atoms with Gasteiger partial charge < -0.3 is 0 Å². The molecule has 0 fully saturated rings. The predicted octanol–water partition coefficient (Wildman–Crippen LogP) is 5.06. The second kappa shape index (κ2) is 5.35. The monoisotopic (exact) mass is 358 g/mol. The molecule has 0 aliphatic rings. The first-order valence-corrected chi connectivity index (χ1v) is 6.53. The van der Waals surface area contributed by atoms with Crippen molar-refractivity contribution in [3.8, 4) is 0 Å². The number of hydrogen-bond acceptors (Lipinski definition) is 0. The molecule has 6 heteroatoms. The lowest BCUT2D eigenvalue weighted by molar-refractivity contribution is -0.270. The molecule has 0 aliphatic carbocycles. The van der Waals surface area contributed by atoms with Crippen molar-refractivity contribution in [3.63, 3.8) is 0 Å². The average Bonchev–Trinajstić information content (AvgIpc) is 2.00. The van der Waals surface area contributed by atoms with Crippen LogP contribution in [0, 0.1) is 11.3 Å². The van der Waals surface area contributed by atoms with E-state index in [4.69, 9.17) is 0 Å². The van der Waals surface area contributed by atoms with Gasteiger partial charge in [-0.25, -0.2) is 8.78 Å². The number of alkyl halides is 6. The highest BCUT2D eigenvalue weighted by Crippen LogP contribution is 2.51. The number of rotatable bonds is 5. The van der Waals surface area contributed by atoms with Crippen LogP contribution in [-0.2, 0) is 0 Å². The standard InChI is InChI=1S/C10H16F5I/c1-4-7(10(13,14)15)9(11,12)8(2,3)5-6-16/h7H,4-6H2,1-3H3. The van der Waals surface area contributed by atoms with Crippen molar-refractivity contribution >= 4 is 22.6 Å². The summed E-state index contributed by atoms with van der Waals surface area (Å²) < 4.78 is 65.6. The van der Waals surface area contributed by atoms with E-state index in [2.05, 4.69) is 0 Å². The van der Waals surface area contributed by atoms with Crippen molar-refractivity contribution < 1.29 is 22.0 Å². The third-order valence-electron chi connectivity index (χ3n) is 2.86. The van der Waals surface area contributed by atoms with E-state index in [0.29, 0.717) is 4.43 Å². The molecule has 0 amide bonds. The molecule has 0 aliphatic heterocycles. The molecule has 0 rings (SSSR count). The van der Waals surface area contributed by atoms with Crippen molar-refractivity contribution in [2.75, 3.05) is 4.43 Å². The molecule has 0 bridgehead atoms. The second-order valence-corrected chi connectivity index (χ2v) is 5.53. The van der Waals surface area contributed by atoms with Gasteiger partial charge in [-0.2, -0.15) is 13.2 Å². The lowest BCUT2D eigenvalue weighted by atomic mass is 9.75. The zero-order chi connectivity index (χ0) is 13.2. The minimum atomic E-state index is -4.85. The van der Waals surface area contributed by atoms with Crippen LogP contribution in [0.3, 0.4) is 0 Å². The lowest BCUT2D eigenvalue weighted by Gasteiger charge is -2.39. The Kier molecular flexibility index (Phi) is 5.48. The van der Waals surface area contributed by atoms with Crippen LogP contribution in [0.4, 0.5) is 22.0 Å². The van der Waals surface area contributed by atoms with Crippen LogP contribution in [0.5, 0.6) is 0 Å². The molecular formula is C10H16F5I. The second-order valence-electron chi connectivity index (χ2n) is 4.45. The summed E-state index contributed by atoms with van der Waals surface area (Å²) in [6, 6.07) is 0. The van der Waals surface area contributed by atoms with E-state index in [1.165, 1.54) is 13.8 Å². The first-order valence-electron chi connectivity index (χ1n) is 5.01. The Bertz CT molecular complexity index is 222. The Balaban J connectivity index is 5.14. The molecule has 1 atom stereocenters. The third-order valence-corrected chi connectivity index (χ3v) is 3.40. The topological polar surface area (TPSA) is 0 Å². The summed E-state index contributed by atoms with van der Waals surface area (Å²) in [4.78, 5) is 0. The third kappa shape index (κ3) is 3.43. The normalized spacial score (nSPS) is 16.3. The predicted molar refractivity (Wildman–Crippen MR) is 62.1 cm³/mol. The van der Waals surface area contributed by atoms with E-state index in [1.54, 1.807) is 0 Å². The van der Waals surface area contributed by atoms with Gasteiger partial charge in [0.1, 0.15) is 5.92 Å². The van der Waals surface area contributed by atoms with Crippen LogP contribution in [0.2, 0.25) is 0 Å². The van der Waals surface area contributed by atoms with Crippen molar-refractivity contribution in [3.05, 3.63) is 0 Å². The van der Waals surface area contributed by atoms with E-state index in [0.717, 1.165) is 6.92 Å². The highest BCUT2D eigenvalue weighted by Gasteiger charge is 2.60. The van der Waals surface area contributed by atoms with Crippen molar-refractivity contribution in [2.24, 2.45) is 11.3 Å². The molecule has 0 saturated carbocycles. The summed E-state index contributed by atoms with van der Waals surface area (Å²) in [6.45, 7) is 3.53. The molecular weight excluding hydrogens is 342 g/mol. The SMILES string of the molecule is CCC(C(F)(F)F)C(F)(F)C(C)(C)CCI. The Labute approximate surface area is 106 Å². The molecule has 0 aromatic heterocycles. The summed E-state index contributed by atoms with van der Waals surface area (Å²) in [7, 11) is 0. The highest BCUT2D eigenvalue weighted by atomic mass is 127. The van der Waals surface area contributed by atoms with Gasteiger partial charge in [0, 0.05) is 9.84 Å². The minimum Gasteiger partial charge on any atom is -0.206 e. The van der Waals surface area contributed by atoms with Crippen LogP contribution >= 0.6 is 22.6 Å². The summed E-state index contributed by atoms with van der Waals surface area (Å²) in [5.41, 5.74) is -1.63. The number of hydrogen-bond donors (Lipinski definition) is 0. The van der Waals surface area contributed by atoms with Gasteiger partial charge in [-0.15, -0.1) is 0 Å². The summed E-state index contributed by atoms with van der Waals surface area (Å²) in [5, 5.41) is 0. The fourth-order valence-corrected chi connectivity index (χ4v) is 2.92. The van der Waals surface area contributed by atoms with Crippen LogP contribution in [-0.4, -0.2) is 16.5 Å². The maximum atomic E-state index is 13.8. The lowest BCUT2D eigenvalue weighted by Crippen LogP contribution is -2.49. The molecule has 98 valence electrons. The van der Waals surface area contributed by atoms with Gasteiger partial charge in [-0.1, -0.05) is 43.4 Å². The van der Waals surface area contributed by atoms with E-state index in [-0.39, 0.29) is 6.42 Å². The molecule has 16 heavy (non-hydrogen) atoms. The molecule has 0 radical (unpaired) electrons. The van der Waals surface area contributed by atoms with E-state index in [1.807, 2.05) is 22.6 Å². The molecule has 0 heterocycles. The molecule has 1 unspecified atom stereocenters. The van der Waals surface area contributed by atoms with Gasteiger partial charge >= 0.3 is 6.18 Å². The van der Waals surface area contributed by atoms with E-state index < -0.39 is 29.9 Å². The fourth-order valence-electron chi connectivity index (χ4n) is 1.57. The van der Waals surface area contributed by atoms with Gasteiger partial charge in [0.15, 0.2) is 0 Å². The number of halogens is 6. The fraction of sp³-hybridized carbons (Fsp3) is 1.00. The first kappa shape index (κ1) is 16.4. The van der Waals surface area contributed by atoms with Gasteiger partial charge in [0.25, 0.3) is 5.92 Å². The smallest absolute Gasteiger partial charge is 0.206 e.